The van der Waals surface area contributed by atoms with E-state index in [1.54, 1.807) is 13.0 Å². The third-order valence-electron chi connectivity index (χ3n) is 3.17. The number of fused-ring (bicyclic) bond motifs is 1. The molecule has 3 aromatic rings. The topological polar surface area (TPSA) is 101 Å². The minimum atomic E-state index is 0.157. The Morgan fingerprint density at radius 3 is 2.81 bits per heavy atom. The van der Waals surface area contributed by atoms with Gasteiger partial charge in [-0.2, -0.15) is 5.10 Å². The Morgan fingerprint density at radius 2 is 2.05 bits per heavy atom. The van der Waals surface area contributed by atoms with E-state index in [-0.39, 0.29) is 5.75 Å². The third kappa shape index (κ3) is 2.36. The number of aryl methyl sites for hydroxylation is 1. The molecule has 0 unspecified atom stereocenters. The summed E-state index contributed by atoms with van der Waals surface area (Å²) in [5.74, 6) is 6.76. The number of nitrogens with one attached hydrogen (secondary N) is 1. The summed E-state index contributed by atoms with van der Waals surface area (Å²) >= 11 is 0. The van der Waals surface area contributed by atoms with Crippen LogP contribution in [0.1, 0.15) is 11.4 Å². The van der Waals surface area contributed by atoms with E-state index in [2.05, 4.69) is 20.7 Å². The van der Waals surface area contributed by atoms with Gasteiger partial charge in [0.25, 0.3) is 5.95 Å². The lowest BCUT2D eigenvalue weighted by Crippen LogP contribution is -2.13. The molecule has 0 aliphatic rings. The van der Waals surface area contributed by atoms with Gasteiger partial charge in [-0.15, -0.1) is 10.2 Å². The minimum absolute atomic E-state index is 0.157. The summed E-state index contributed by atoms with van der Waals surface area (Å²) in [5, 5.41) is 23.6. The predicted molar refractivity (Wildman–Crippen MR) is 81.7 cm³/mol. The fourth-order valence-electron chi connectivity index (χ4n) is 2.02. The van der Waals surface area contributed by atoms with Crippen molar-refractivity contribution in [3.05, 3.63) is 47.8 Å². The van der Waals surface area contributed by atoms with E-state index in [9.17, 15) is 5.11 Å². The number of aromatic hydroxyl groups is 1. The molecule has 1 heterocycles. The van der Waals surface area contributed by atoms with Crippen molar-refractivity contribution in [1.29, 1.82) is 0 Å². The molecule has 0 fully saturated rings. The van der Waals surface area contributed by atoms with Crippen LogP contribution < -0.4 is 11.3 Å². The summed E-state index contributed by atoms with van der Waals surface area (Å²) < 4.78 is 1.29. The Labute approximate surface area is 120 Å². The van der Waals surface area contributed by atoms with Crippen LogP contribution in [-0.4, -0.2) is 26.2 Å². The summed E-state index contributed by atoms with van der Waals surface area (Å²) in [6.45, 7) is 1.73. The van der Waals surface area contributed by atoms with Crippen molar-refractivity contribution in [3.63, 3.8) is 0 Å². The number of phenolic OH excluding ortho intramolecular Hbond substituents is 1. The molecule has 1 aromatic heterocycles. The number of phenols is 1. The molecule has 7 heteroatoms. The SMILES string of the molecule is Cc1nnc(N/N=C\c2c(O)ccc3ccccc23)n1N. The van der Waals surface area contributed by atoms with Crippen molar-refractivity contribution in [2.24, 2.45) is 5.10 Å². The van der Waals surface area contributed by atoms with Gasteiger partial charge < -0.3 is 10.9 Å². The summed E-state index contributed by atoms with van der Waals surface area (Å²) in [7, 11) is 0. The maximum atomic E-state index is 9.99. The predicted octanol–water partition coefficient (Wildman–Crippen LogP) is 1.61. The Balaban J connectivity index is 1.92. The first-order valence-electron chi connectivity index (χ1n) is 6.33. The molecule has 21 heavy (non-hydrogen) atoms. The number of rotatable bonds is 3. The summed E-state index contributed by atoms with van der Waals surface area (Å²) in [6.07, 6.45) is 1.53. The van der Waals surface area contributed by atoms with Gasteiger partial charge in [0.1, 0.15) is 5.75 Å². The number of hydrogen-bond acceptors (Lipinski definition) is 6. The van der Waals surface area contributed by atoms with Crippen molar-refractivity contribution in [2.45, 2.75) is 6.92 Å². The van der Waals surface area contributed by atoms with E-state index in [4.69, 9.17) is 5.84 Å². The fraction of sp³-hybridized carbons (Fsp3) is 0.0714. The Bertz CT molecular complexity index is 823. The van der Waals surface area contributed by atoms with Crippen molar-refractivity contribution in [3.8, 4) is 5.75 Å². The highest BCUT2D eigenvalue weighted by atomic mass is 16.3. The molecular formula is C14H14N6O. The molecular weight excluding hydrogens is 268 g/mol. The van der Waals surface area contributed by atoms with Crippen LogP contribution in [0.3, 0.4) is 0 Å². The Morgan fingerprint density at radius 1 is 1.24 bits per heavy atom. The van der Waals surface area contributed by atoms with E-state index in [0.29, 0.717) is 17.3 Å². The molecule has 0 aliphatic carbocycles. The second-order valence-electron chi connectivity index (χ2n) is 4.53. The highest BCUT2D eigenvalue weighted by molar-refractivity contribution is 6.02. The van der Waals surface area contributed by atoms with E-state index >= 15 is 0 Å². The van der Waals surface area contributed by atoms with Gasteiger partial charge in [0.2, 0.25) is 0 Å². The molecule has 0 bridgehead atoms. The normalized spacial score (nSPS) is 11.3. The Kier molecular flexibility index (Phi) is 3.15. The lowest BCUT2D eigenvalue weighted by molar-refractivity contribution is 0.475. The van der Waals surface area contributed by atoms with Crippen molar-refractivity contribution >= 4 is 22.9 Å². The monoisotopic (exact) mass is 282 g/mol. The maximum absolute atomic E-state index is 9.99. The summed E-state index contributed by atoms with van der Waals surface area (Å²) in [5.41, 5.74) is 3.32. The third-order valence-corrected chi connectivity index (χ3v) is 3.17. The molecule has 0 amide bonds. The number of benzene rings is 2. The number of nitrogens with zero attached hydrogens (tertiary/aromatic N) is 4. The number of hydrogen-bond donors (Lipinski definition) is 3. The minimum Gasteiger partial charge on any atom is -0.507 e. The molecule has 2 aromatic carbocycles. The molecule has 0 aliphatic heterocycles. The first kappa shape index (κ1) is 12.9. The maximum Gasteiger partial charge on any atom is 0.263 e. The van der Waals surface area contributed by atoms with E-state index in [0.717, 1.165) is 10.8 Å². The zero-order valence-electron chi connectivity index (χ0n) is 11.4. The molecule has 0 spiro atoms. The average molecular weight is 282 g/mol. The lowest BCUT2D eigenvalue weighted by atomic mass is 10.0. The number of nitrogen functional groups attached to an aromatic ring is 1. The largest absolute Gasteiger partial charge is 0.507 e. The number of nitrogens with two attached hydrogens (primary N) is 1. The second-order valence-corrected chi connectivity index (χ2v) is 4.53. The molecule has 0 saturated carbocycles. The zero-order chi connectivity index (χ0) is 14.8. The van der Waals surface area contributed by atoms with Gasteiger partial charge in [-0.25, -0.2) is 10.1 Å². The molecule has 0 radical (unpaired) electrons. The van der Waals surface area contributed by atoms with Crippen LogP contribution >= 0.6 is 0 Å². The number of anilines is 1. The van der Waals surface area contributed by atoms with Gasteiger partial charge in [-0.05, 0) is 23.8 Å². The number of hydrazone groups is 1. The quantitative estimate of drug-likeness (QED) is 0.385. The molecule has 0 saturated heterocycles. The van der Waals surface area contributed by atoms with Gasteiger partial charge in [-0.3, -0.25) is 0 Å². The molecule has 3 rings (SSSR count). The highest BCUT2D eigenvalue weighted by Crippen LogP contribution is 2.25. The molecule has 7 nitrogen and oxygen atoms in total. The summed E-state index contributed by atoms with van der Waals surface area (Å²) in [4.78, 5) is 0. The highest BCUT2D eigenvalue weighted by Gasteiger charge is 2.05. The van der Waals surface area contributed by atoms with Gasteiger partial charge >= 0.3 is 0 Å². The molecule has 4 N–H and O–H groups in total. The van der Waals surface area contributed by atoms with Gasteiger partial charge in [-0.1, -0.05) is 30.3 Å². The molecule has 106 valence electrons. The van der Waals surface area contributed by atoms with Gasteiger partial charge in [0, 0.05) is 5.56 Å². The van der Waals surface area contributed by atoms with E-state index in [1.165, 1.54) is 10.9 Å². The van der Waals surface area contributed by atoms with E-state index < -0.39 is 0 Å². The molecule has 0 atom stereocenters. The smallest absolute Gasteiger partial charge is 0.263 e. The van der Waals surface area contributed by atoms with Gasteiger partial charge in [0.05, 0.1) is 6.21 Å². The zero-order valence-corrected chi connectivity index (χ0v) is 11.4. The van der Waals surface area contributed by atoms with Crippen LogP contribution in [0.2, 0.25) is 0 Å². The standard InChI is InChI=1S/C14H14N6O/c1-9-17-19-14(20(9)15)18-16-8-12-11-5-3-2-4-10(11)6-7-13(12)21/h2-8,21H,15H2,1H3,(H,18,19)/b16-8-. The van der Waals surface area contributed by atoms with Crippen molar-refractivity contribution in [1.82, 2.24) is 14.9 Å². The van der Waals surface area contributed by atoms with Crippen molar-refractivity contribution in [2.75, 3.05) is 11.3 Å². The fourth-order valence-corrected chi connectivity index (χ4v) is 2.02. The van der Waals surface area contributed by atoms with Crippen LogP contribution in [-0.2, 0) is 0 Å². The van der Waals surface area contributed by atoms with Crippen LogP contribution in [0.25, 0.3) is 10.8 Å². The van der Waals surface area contributed by atoms with Crippen LogP contribution in [0, 0.1) is 6.92 Å². The second kappa shape index (κ2) is 5.12. The van der Waals surface area contributed by atoms with Gasteiger partial charge in [0.15, 0.2) is 5.82 Å². The first-order chi connectivity index (χ1) is 10.2. The van der Waals surface area contributed by atoms with Crippen LogP contribution in [0.15, 0.2) is 41.5 Å². The first-order valence-corrected chi connectivity index (χ1v) is 6.33. The van der Waals surface area contributed by atoms with Crippen LogP contribution in [0.5, 0.6) is 5.75 Å². The Hall–Kier alpha value is -3.09. The van der Waals surface area contributed by atoms with E-state index in [1.807, 2.05) is 30.3 Å². The lowest BCUT2D eigenvalue weighted by Gasteiger charge is -2.05. The number of aromatic nitrogens is 3. The average Bonchev–Trinajstić information content (AvgIpc) is 2.81. The van der Waals surface area contributed by atoms with Crippen LogP contribution in [0.4, 0.5) is 5.95 Å². The summed E-state index contributed by atoms with van der Waals surface area (Å²) in [6, 6.07) is 11.2. The van der Waals surface area contributed by atoms with Crippen molar-refractivity contribution < 1.29 is 5.11 Å².